The lowest BCUT2D eigenvalue weighted by Crippen LogP contribution is -2.26. The van der Waals surface area contributed by atoms with Gasteiger partial charge in [-0.3, -0.25) is 0 Å². The van der Waals surface area contributed by atoms with Gasteiger partial charge < -0.3 is 14.9 Å². The van der Waals surface area contributed by atoms with Crippen molar-refractivity contribution in [2.45, 2.75) is 31.5 Å². The minimum Gasteiger partial charge on any atom is -0.459 e. The molecule has 0 spiro atoms. The van der Waals surface area contributed by atoms with Gasteiger partial charge in [-0.15, -0.1) is 0 Å². The van der Waals surface area contributed by atoms with Gasteiger partial charge in [0.25, 0.3) is 0 Å². The summed E-state index contributed by atoms with van der Waals surface area (Å²) in [7, 11) is 0. The Balaban J connectivity index is 1.97. The van der Waals surface area contributed by atoms with E-state index in [1.165, 1.54) is 0 Å². The lowest BCUT2D eigenvalue weighted by Gasteiger charge is -2.20. The zero-order chi connectivity index (χ0) is 16.5. The summed E-state index contributed by atoms with van der Waals surface area (Å²) in [4.78, 5) is 12.2. The fourth-order valence-electron chi connectivity index (χ4n) is 2.37. The van der Waals surface area contributed by atoms with Crippen LogP contribution in [0, 0.1) is 0 Å². The molecule has 0 aliphatic heterocycles. The van der Waals surface area contributed by atoms with Gasteiger partial charge in [0.2, 0.25) is 0 Å². The molecule has 4 heteroatoms. The Bertz CT molecular complexity index is 583. The molecule has 0 radical (unpaired) electrons. The maximum absolute atomic E-state index is 12.2. The van der Waals surface area contributed by atoms with Gasteiger partial charge in [-0.2, -0.15) is 0 Å². The zero-order valence-electron chi connectivity index (χ0n) is 13.0. The van der Waals surface area contributed by atoms with E-state index in [0.29, 0.717) is 12.0 Å². The number of aliphatic hydroxyl groups excluding tert-OH is 2. The molecule has 0 amide bonds. The van der Waals surface area contributed by atoms with Crippen LogP contribution in [0.2, 0.25) is 0 Å². The number of aliphatic hydroxyl groups is 2. The number of esters is 1. The average Bonchev–Trinajstić information content (AvgIpc) is 2.61. The van der Waals surface area contributed by atoms with E-state index in [0.717, 1.165) is 12.0 Å². The average molecular weight is 314 g/mol. The van der Waals surface area contributed by atoms with Crippen molar-refractivity contribution in [3.05, 3.63) is 71.8 Å². The number of aryl methyl sites for hydroxylation is 1. The highest BCUT2D eigenvalue weighted by Crippen LogP contribution is 2.15. The maximum atomic E-state index is 12.2. The van der Waals surface area contributed by atoms with E-state index in [4.69, 9.17) is 9.84 Å². The highest BCUT2D eigenvalue weighted by atomic mass is 16.5. The number of benzene rings is 2. The van der Waals surface area contributed by atoms with Crippen LogP contribution in [0.3, 0.4) is 0 Å². The predicted molar refractivity (Wildman–Crippen MR) is 88.1 cm³/mol. The molecule has 23 heavy (non-hydrogen) atoms. The predicted octanol–water partition coefficient (Wildman–Crippen LogP) is 2.59. The molecule has 2 aromatic carbocycles. The molecule has 2 aromatic rings. The van der Waals surface area contributed by atoms with Gasteiger partial charge in [-0.1, -0.05) is 48.5 Å². The summed E-state index contributed by atoms with van der Waals surface area (Å²) < 4.78 is 5.52. The van der Waals surface area contributed by atoms with Crippen molar-refractivity contribution in [2.24, 2.45) is 0 Å². The summed E-state index contributed by atoms with van der Waals surface area (Å²) in [5, 5.41) is 18.7. The van der Waals surface area contributed by atoms with Gasteiger partial charge >= 0.3 is 5.97 Å². The first-order valence-electron chi connectivity index (χ1n) is 7.78. The number of carbonyl (C=O) groups is 1. The third kappa shape index (κ3) is 5.85. The third-order valence-corrected chi connectivity index (χ3v) is 3.63. The van der Waals surface area contributed by atoms with Gasteiger partial charge in [-0.05, 0) is 30.5 Å². The monoisotopic (exact) mass is 314 g/mol. The van der Waals surface area contributed by atoms with Crippen molar-refractivity contribution >= 4 is 5.97 Å². The van der Waals surface area contributed by atoms with E-state index < -0.39 is 18.2 Å². The largest absolute Gasteiger partial charge is 0.459 e. The normalized spacial score (nSPS) is 13.3. The third-order valence-electron chi connectivity index (χ3n) is 3.63. The van der Waals surface area contributed by atoms with E-state index in [2.05, 4.69) is 0 Å². The Morgan fingerprint density at radius 2 is 1.61 bits per heavy atom. The van der Waals surface area contributed by atoms with E-state index in [1.54, 1.807) is 24.3 Å². The smallest absolute Gasteiger partial charge is 0.338 e. The lowest BCUT2D eigenvalue weighted by atomic mass is 10.0. The topological polar surface area (TPSA) is 66.8 Å². The SMILES string of the molecule is O=C(O[C@@H](CCc1ccccc1)C[C@@H](O)CO)c1ccccc1. The Kier molecular flexibility index (Phi) is 6.78. The molecule has 2 atom stereocenters. The van der Waals surface area contributed by atoms with Gasteiger partial charge in [0.15, 0.2) is 0 Å². The summed E-state index contributed by atoms with van der Waals surface area (Å²) in [5.41, 5.74) is 1.63. The summed E-state index contributed by atoms with van der Waals surface area (Å²) in [6.45, 7) is -0.343. The molecule has 0 heterocycles. The quantitative estimate of drug-likeness (QED) is 0.735. The van der Waals surface area contributed by atoms with E-state index in [9.17, 15) is 9.90 Å². The number of hydrogen-bond acceptors (Lipinski definition) is 4. The molecular formula is C19H22O4. The van der Waals surface area contributed by atoms with Crippen LogP contribution in [-0.4, -0.2) is 35.0 Å². The van der Waals surface area contributed by atoms with E-state index in [1.807, 2.05) is 36.4 Å². The van der Waals surface area contributed by atoms with Crippen molar-refractivity contribution in [3.8, 4) is 0 Å². The van der Waals surface area contributed by atoms with Gasteiger partial charge in [-0.25, -0.2) is 4.79 Å². The van der Waals surface area contributed by atoms with Crippen LogP contribution in [0.5, 0.6) is 0 Å². The molecule has 2 N–H and O–H groups in total. The second-order valence-electron chi connectivity index (χ2n) is 5.49. The van der Waals surface area contributed by atoms with Crippen molar-refractivity contribution in [3.63, 3.8) is 0 Å². The fraction of sp³-hybridized carbons (Fsp3) is 0.316. The van der Waals surface area contributed by atoms with Crippen molar-refractivity contribution in [1.82, 2.24) is 0 Å². The fourth-order valence-corrected chi connectivity index (χ4v) is 2.37. The van der Waals surface area contributed by atoms with Crippen molar-refractivity contribution in [2.75, 3.05) is 6.61 Å². The summed E-state index contributed by atoms with van der Waals surface area (Å²) in [5.74, 6) is -0.409. The molecule has 2 rings (SSSR count). The molecule has 0 unspecified atom stereocenters. The molecule has 122 valence electrons. The van der Waals surface area contributed by atoms with Crippen LogP contribution in [-0.2, 0) is 11.2 Å². The number of hydrogen-bond donors (Lipinski definition) is 2. The van der Waals surface area contributed by atoms with Crippen molar-refractivity contribution in [1.29, 1.82) is 0 Å². The Morgan fingerprint density at radius 1 is 1.00 bits per heavy atom. The van der Waals surface area contributed by atoms with Crippen LogP contribution < -0.4 is 0 Å². The summed E-state index contributed by atoms with van der Waals surface area (Å²) in [6.07, 6.45) is 0.234. The summed E-state index contributed by atoms with van der Waals surface area (Å²) in [6, 6.07) is 18.7. The Morgan fingerprint density at radius 3 is 2.22 bits per heavy atom. The van der Waals surface area contributed by atoms with Crippen LogP contribution in [0.4, 0.5) is 0 Å². The van der Waals surface area contributed by atoms with Crippen LogP contribution in [0.25, 0.3) is 0 Å². The second kappa shape index (κ2) is 9.08. The Hall–Kier alpha value is -2.17. The number of carbonyl (C=O) groups excluding carboxylic acids is 1. The van der Waals surface area contributed by atoms with E-state index >= 15 is 0 Å². The first-order chi connectivity index (χ1) is 11.2. The van der Waals surface area contributed by atoms with Crippen molar-refractivity contribution < 1.29 is 19.7 Å². The zero-order valence-corrected chi connectivity index (χ0v) is 13.0. The standard InChI is InChI=1S/C19H22O4/c20-14-17(21)13-18(12-11-15-7-3-1-4-8-15)23-19(22)16-9-5-2-6-10-16/h1-10,17-18,20-21H,11-14H2/t17-,18+/m1/s1. The molecule has 0 saturated carbocycles. The van der Waals surface area contributed by atoms with E-state index in [-0.39, 0.29) is 13.0 Å². The molecule has 0 aliphatic carbocycles. The van der Waals surface area contributed by atoms with Gasteiger partial charge in [0.05, 0.1) is 18.3 Å². The minimum atomic E-state index is -0.889. The highest BCUT2D eigenvalue weighted by molar-refractivity contribution is 5.89. The van der Waals surface area contributed by atoms with Crippen LogP contribution in [0.15, 0.2) is 60.7 Å². The van der Waals surface area contributed by atoms with Gasteiger partial charge in [0, 0.05) is 6.42 Å². The van der Waals surface area contributed by atoms with Crippen LogP contribution >= 0.6 is 0 Å². The molecule has 0 fully saturated rings. The lowest BCUT2D eigenvalue weighted by molar-refractivity contribution is 0.00247. The molecule has 4 nitrogen and oxygen atoms in total. The highest BCUT2D eigenvalue weighted by Gasteiger charge is 2.19. The molecule has 0 aromatic heterocycles. The Labute approximate surface area is 136 Å². The molecular weight excluding hydrogens is 292 g/mol. The first kappa shape index (κ1) is 17.2. The second-order valence-corrected chi connectivity index (χ2v) is 5.49. The van der Waals surface area contributed by atoms with Crippen LogP contribution in [0.1, 0.15) is 28.8 Å². The minimum absolute atomic E-state index is 0.224. The molecule has 0 bridgehead atoms. The summed E-state index contributed by atoms with van der Waals surface area (Å²) >= 11 is 0. The van der Waals surface area contributed by atoms with Gasteiger partial charge in [0.1, 0.15) is 6.10 Å². The molecule has 0 saturated heterocycles. The number of ether oxygens (including phenoxy) is 1. The maximum Gasteiger partial charge on any atom is 0.338 e. The molecule has 0 aliphatic rings. The number of rotatable bonds is 8. The first-order valence-corrected chi connectivity index (χ1v) is 7.78.